The minimum atomic E-state index is -0.266. The molecule has 1 heterocycles. The molecule has 1 aliphatic heterocycles. The fraction of sp³-hybridized carbons (Fsp3) is 0.167. The van der Waals surface area contributed by atoms with Gasteiger partial charge in [0.15, 0.2) is 0 Å². The molecule has 1 aromatic rings. The Morgan fingerprint density at radius 2 is 1.67 bits per heavy atom. The van der Waals surface area contributed by atoms with E-state index in [1.165, 1.54) is 4.90 Å². The summed E-state index contributed by atoms with van der Waals surface area (Å²) in [4.78, 5) is 25.0. The third-order valence-electron chi connectivity index (χ3n) is 2.57. The fourth-order valence-corrected chi connectivity index (χ4v) is 1.68. The molecule has 0 N–H and O–H groups in total. The predicted octanol–water partition coefficient (Wildman–Crippen LogP) is 1.86. The summed E-state index contributed by atoms with van der Waals surface area (Å²) in [6.07, 6.45) is 1.58. The average molecular weight is 201 g/mol. The number of hydrogen-bond donors (Lipinski definition) is 0. The first-order valence-corrected chi connectivity index (χ1v) is 4.76. The summed E-state index contributed by atoms with van der Waals surface area (Å²) in [5.74, 6) is -0.467. The van der Waals surface area contributed by atoms with Gasteiger partial charge in [0.05, 0.1) is 17.2 Å². The summed E-state index contributed by atoms with van der Waals surface area (Å²) < 4.78 is 0. The molecule has 0 spiro atoms. The number of nitrogens with zero attached hydrogens (tertiary/aromatic N) is 1. The van der Waals surface area contributed by atoms with Gasteiger partial charge in [-0.1, -0.05) is 18.2 Å². The quantitative estimate of drug-likeness (QED) is 0.541. The zero-order valence-corrected chi connectivity index (χ0v) is 8.43. The number of carbonyl (C=O) groups is 2. The van der Waals surface area contributed by atoms with Gasteiger partial charge in [0, 0.05) is 0 Å². The molecule has 0 radical (unpaired) electrons. The average Bonchev–Trinajstić information content (AvgIpc) is 2.52. The molecule has 1 atom stereocenters. The van der Waals surface area contributed by atoms with Crippen LogP contribution >= 0.6 is 0 Å². The van der Waals surface area contributed by atoms with E-state index in [0.717, 1.165) is 0 Å². The number of imide groups is 1. The minimum absolute atomic E-state index is 0.233. The molecule has 76 valence electrons. The molecule has 0 aromatic heterocycles. The van der Waals surface area contributed by atoms with Gasteiger partial charge in [-0.15, -0.1) is 6.58 Å². The van der Waals surface area contributed by atoms with Crippen molar-refractivity contribution in [3.05, 3.63) is 48.0 Å². The minimum Gasteiger partial charge on any atom is -0.269 e. The lowest BCUT2D eigenvalue weighted by atomic mass is 10.1. The topological polar surface area (TPSA) is 37.4 Å². The number of hydrogen-bond acceptors (Lipinski definition) is 2. The first-order chi connectivity index (χ1) is 7.16. The van der Waals surface area contributed by atoms with E-state index in [9.17, 15) is 9.59 Å². The molecule has 1 aromatic carbocycles. The molecule has 2 rings (SSSR count). The molecular formula is C12H11NO2. The van der Waals surface area contributed by atoms with Gasteiger partial charge in [-0.25, -0.2) is 0 Å². The molecule has 0 fully saturated rings. The van der Waals surface area contributed by atoms with Crippen molar-refractivity contribution in [2.45, 2.75) is 13.0 Å². The normalized spacial score (nSPS) is 16.5. The number of benzene rings is 1. The Kier molecular flexibility index (Phi) is 2.15. The van der Waals surface area contributed by atoms with Gasteiger partial charge in [-0.3, -0.25) is 14.5 Å². The largest absolute Gasteiger partial charge is 0.269 e. The summed E-state index contributed by atoms with van der Waals surface area (Å²) in [7, 11) is 0. The Labute approximate surface area is 88.0 Å². The van der Waals surface area contributed by atoms with Gasteiger partial charge in [-0.05, 0) is 19.1 Å². The number of fused-ring (bicyclic) bond motifs is 1. The van der Waals surface area contributed by atoms with E-state index in [-0.39, 0.29) is 17.9 Å². The lowest BCUT2D eigenvalue weighted by Crippen LogP contribution is -2.36. The third-order valence-corrected chi connectivity index (χ3v) is 2.57. The highest BCUT2D eigenvalue weighted by atomic mass is 16.2. The lowest BCUT2D eigenvalue weighted by Gasteiger charge is -2.18. The molecule has 0 aliphatic carbocycles. The van der Waals surface area contributed by atoms with E-state index in [4.69, 9.17) is 0 Å². The lowest BCUT2D eigenvalue weighted by molar-refractivity contribution is 0.0625. The smallest absolute Gasteiger partial charge is 0.262 e. The summed E-state index contributed by atoms with van der Waals surface area (Å²) >= 11 is 0. The van der Waals surface area contributed by atoms with Gasteiger partial charge >= 0.3 is 0 Å². The maximum Gasteiger partial charge on any atom is 0.262 e. The van der Waals surface area contributed by atoms with Crippen LogP contribution in [0.25, 0.3) is 0 Å². The number of carbonyl (C=O) groups excluding carboxylic acids is 2. The first kappa shape index (κ1) is 9.65. The molecule has 1 unspecified atom stereocenters. The summed E-state index contributed by atoms with van der Waals surface area (Å²) in [5, 5.41) is 0. The summed E-state index contributed by atoms with van der Waals surface area (Å²) in [6, 6.07) is 6.59. The van der Waals surface area contributed by atoms with Crippen molar-refractivity contribution >= 4 is 11.8 Å². The third kappa shape index (κ3) is 1.28. The van der Waals surface area contributed by atoms with Crippen LogP contribution < -0.4 is 0 Å². The molecule has 0 bridgehead atoms. The van der Waals surface area contributed by atoms with Crippen molar-refractivity contribution in [3.63, 3.8) is 0 Å². The maximum absolute atomic E-state index is 11.9. The van der Waals surface area contributed by atoms with Crippen molar-refractivity contribution in [3.8, 4) is 0 Å². The zero-order valence-electron chi connectivity index (χ0n) is 8.43. The molecule has 0 saturated carbocycles. The van der Waals surface area contributed by atoms with Gasteiger partial charge in [0.25, 0.3) is 11.8 Å². The predicted molar refractivity (Wildman–Crippen MR) is 56.6 cm³/mol. The molecule has 1 aliphatic rings. The van der Waals surface area contributed by atoms with Gasteiger partial charge < -0.3 is 0 Å². The Hall–Kier alpha value is -1.90. The fourth-order valence-electron chi connectivity index (χ4n) is 1.68. The van der Waals surface area contributed by atoms with Gasteiger partial charge in [0.1, 0.15) is 0 Å². The highest BCUT2D eigenvalue weighted by molar-refractivity contribution is 6.21. The SMILES string of the molecule is C=CC(C)N1C(=O)c2ccccc2C1=O. The molecule has 3 nitrogen and oxygen atoms in total. The molecular weight excluding hydrogens is 190 g/mol. The van der Waals surface area contributed by atoms with E-state index in [0.29, 0.717) is 11.1 Å². The summed E-state index contributed by atoms with van der Waals surface area (Å²) in [5.41, 5.74) is 0.965. The Morgan fingerprint density at radius 1 is 1.20 bits per heavy atom. The van der Waals surface area contributed by atoms with Crippen LogP contribution in [0.3, 0.4) is 0 Å². The Balaban J connectivity index is 2.50. The number of amides is 2. The second kappa shape index (κ2) is 3.35. The van der Waals surface area contributed by atoms with E-state index >= 15 is 0 Å². The summed E-state index contributed by atoms with van der Waals surface area (Å²) in [6.45, 7) is 5.36. The van der Waals surface area contributed by atoms with E-state index < -0.39 is 0 Å². The Bertz CT molecular complexity index is 416. The Morgan fingerprint density at radius 3 is 2.07 bits per heavy atom. The van der Waals surface area contributed by atoms with Crippen molar-refractivity contribution in [1.29, 1.82) is 0 Å². The second-order valence-electron chi connectivity index (χ2n) is 3.50. The first-order valence-electron chi connectivity index (χ1n) is 4.76. The van der Waals surface area contributed by atoms with Crippen LogP contribution in [0.15, 0.2) is 36.9 Å². The zero-order chi connectivity index (χ0) is 11.0. The monoisotopic (exact) mass is 201 g/mol. The second-order valence-corrected chi connectivity index (χ2v) is 3.50. The van der Waals surface area contributed by atoms with Crippen LogP contribution in [-0.2, 0) is 0 Å². The van der Waals surface area contributed by atoms with Crippen LogP contribution in [-0.4, -0.2) is 22.8 Å². The van der Waals surface area contributed by atoms with Crippen LogP contribution in [0.5, 0.6) is 0 Å². The van der Waals surface area contributed by atoms with Gasteiger partial charge in [0.2, 0.25) is 0 Å². The van der Waals surface area contributed by atoms with Crippen molar-refractivity contribution < 1.29 is 9.59 Å². The standard InChI is InChI=1S/C12H11NO2/c1-3-8(2)13-11(14)9-6-4-5-7-10(9)12(13)15/h3-8H,1H2,2H3. The van der Waals surface area contributed by atoms with Crippen LogP contribution in [0.4, 0.5) is 0 Å². The van der Waals surface area contributed by atoms with E-state index in [1.807, 2.05) is 0 Å². The van der Waals surface area contributed by atoms with Gasteiger partial charge in [-0.2, -0.15) is 0 Å². The van der Waals surface area contributed by atoms with E-state index in [1.54, 1.807) is 37.3 Å². The van der Waals surface area contributed by atoms with Crippen molar-refractivity contribution in [2.75, 3.05) is 0 Å². The maximum atomic E-state index is 11.9. The van der Waals surface area contributed by atoms with Crippen LogP contribution in [0.1, 0.15) is 27.6 Å². The van der Waals surface area contributed by atoms with Crippen molar-refractivity contribution in [2.24, 2.45) is 0 Å². The van der Waals surface area contributed by atoms with Crippen molar-refractivity contribution in [1.82, 2.24) is 4.90 Å². The molecule has 3 heteroatoms. The molecule has 15 heavy (non-hydrogen) atoms. The van der Waals surface area contributed by atoms with E-state index in [2.05, 4.69) is 6.58 Å². The molecule has 0 saturated heterocycles. The highest BCUT2D eigenvalue weighted by Gasteiger charge is 2.36. The highest BCUT2D eigenvalue weighted by Crippen LogP contribution is 2.24. The number of rotatable bonds is 2. The van der Waals surface area contributed by atoms with Crippen LogP contribution in [0.2, 0.25) is 0 Å². The van der Waals surface area contributed by atoms with Crippen LogP contribution in [0, 0.1) is 0 Å². The molecule has 2 amide bonds.